The molecule has 2 heterocycles. The van der Waals surface area contributed by atoms with Gasteiger partial charge >= 0.3 is 0 Å². The predicted molar refractivity (Wildman–Crippen MR) is 120 cm³/mol. The summed E-state index contributed by atoms with van der Waals surface area (Å²) < 4.78 is 1.97. The fourth-order valence-corrected chi connectivity index (χ4v) is 3.48. The van der Waals surface area contributed by atoms with Crippen molar-refractivity contribution < 1.29 is 0 Å². The zero-order chi connectivity index (χ0) is 20.5. The third kappa shape index (κ3) is 6.32. The number of benzene rings is 1. The number of aromatic nitrogens is 3. The average Bonchev–Trinajstić information content (AvgIpc) is 3.38. The molecule has 3 rings (SSSR count). The maximum atomic E-state index is 4.70. The number of thiophene rings is 1. The van der Waals surface area contributed by atoms with Gasteiger partial charge in [0.25, 0.3) is 0 Å². The molecule has 0 aliphatic carbocycles. The van der Waals surface area contributed by atoms with Crippen LogP contribution >= 0.6 is 11.3 Å². The molecule has 2 aromatic heterocycles. The van der Waals surface area contributed by atoms with E-state index in [1.54, 1.807) is 11.3 Å². The van der Waals surface area contributed by atoms with E-state index in [0.29, 0.717) is 6.54 Å². The molecule has 0 saturated heterocycles. The smallest absolute Gasteiger partial charge is 0.192 e. The molecule has 154 valence electrons. The van der Waals surface area contributed by atoms with Crippen molar-refractivity contribution in [3.63, 3.8) is 0 Å². The van der Waals surface area contributed by atoms with Crippen LogP contribution in [0.4, 0.5) is 5.69 Å². The quantitative estimate of drug-likeness (QED) is 0.322. The van der Waals surface area contributed by atoms with Crippen molar-refractivity contribution >= 4 is 23.0 Å². The highest BCUT2D eigenvalue weighted by atomic mass is 32.1. The molecular weight excluding hydrogens is 382 g/mol. The maximum Gasteiger partial charge on any atom is 0.192 e. The summed E-state index contributed by atoms with van der Waals surface area (Å²) in [6.07, 6.45) is 1.01. The number of nitrogens with one attached hydrogen (secondary N) is 2. The monoisotopic (exact) mass is 411 g/mol. The molecule has 0 aliphatic rings. The van der Waals surface area contributed by atoms with Crippen LogP contribution in [0.15, 0.2) is 52.8 Å². The van der Waals surface area contributed by atoms with Gasteiger partial charge in [0.15, 0.2) is 11.8 Å². The van der Waals surface area contributed by atoms with Gasteiger partial charge in [0, 0.05) is 37.7 Å². The Labute approximate surface area is 176 Å². The lowest BCUT2D eigenvalue weighted by molar-refractivity contribution is 0.718. The molecule has 0 atom stereocenters. The van der Waals surface area contributed by atoms with Gasteiger partial charge in [-0.1, -0.05) is 24.3 Å². The number of para-hydroxylation sites is 1. The van der Waals surface area contributed by atoms with Crippen LogP contribution in [0, 0.1) is 6.92 Å². The Kier molecular flexibility index (Phi) is 7.63. The van der Waals surface area contributed by atoms with Crippen LogP contribution < -0.4 is 15.5 Å². The van der Waals surface area contributed by atoms with Crippen LogP contribution in [0.25, 0.3) is 0 Å². The average molecular weight is 412 g/mol. The number of guanidine groups is 1. The van der Waals surface area contributed by atoms with Crippen molar-refractivity contribution in [3.8, 4) is 0 Å². The number of rotatable bonds is 9. The molecule has 0 spiro atoms. The Balaban J connectivity index is 1.52. The third-order valence-electron chi connectivity index (χ3n) is 4.73. The lowest BCUT2D eigenvalue weighted by atomic mass is 10.3. The second-order valence-corrected chi connectivity index (χ2v) is 7.89. The lowest BCUT2D eigenvalue weighted by Crippen LogP contribution is -2.38. The molecule has 8 heteroatoms. The summed E-state index contributed by atoms with van der Waals surface area (Å²) in [5.41, 5.74) is 1.23. The molecule has 0 amide bonds. The minimum absolute atomic E-state index is 0.487. The van der Waals surface area contributed by atoms with Crippen molar-refractivity contribution in [2.75, 3.05) is 25.0 Å². The van der Waals surface area contributed by atoms with Gasteiger partial charge < -0.3 is 20.1 Å². The largest absolute Gasteiger partial charge is 0.375 e. The molecule has 3 aromatic rings. The molecule has 2 N–H and O–H groups in total. The van der Waals surface area contributed by atoms with Crippen LogP contribution in [-0.4, -0.2) is 40.9 Å². The number of nitrogens with zero attached hydrogens (tertiary/aromatic N) is 5. The van der Waals surface area contributed by atoms with E-state index in [1.165, 1.54) is 10.6 Å². The summed E-state index contributed by atoms with van der Waals surface area (Å²) in [5, 5.41) is 17.2. The standard InChI is InChI=1S/C21H29N7S/c1-17-25-26-20(28(17)3)16-24-21(23-15-19-11-7-14-29-19)22-12-8-13-27(2)18-9-5-4-6-10-18/h4-7,9-11,14H,8,12-13,15-16H2,1-3H3,(H2,22,23,24). The Morgan fingerprint density at radius 3 is 2.66 bits per heavy atom. The molecule has 0 aliphatic heterocycles. The van der Waals surface area contributed by atoms with Crippen LogP contribution in [0.5, 0.6) is 0 Å². The zero-order valence-corrected chi connectivity index (χ0v) is 18.1. The number of hydrogen-bond acceptors (Lipinski definition) is 5. The summed E-state index contributed by atoms with van der Waals surface area (Å²) in [6, 6.07) is 14.6. The van der Waals surface area contributed by atoms with Gasteiger partial charge in [-0.3, -0.25) is 0 Å². The second-order valence-electron chi connectivity index (χ2n) is 6.86. The summed E-state index contributed by atoms with van der Waals surface area (Å²) in [7, 11) is 4.08. The molecule has 0 radical (unpaired) electrons. The van der Waals surface area contributed by atoms with Crippen molar-refractivity contribution in [3.05, 3.63) is 64.4 Å². The van der Waals surface area contributed by atoms with Crippen molar-refractivity contribution in [1.82, 2.24) is 25.4 Å². The van der Waals surface area contributed by atoms with E-state index in [9.17, 15) is 0 Å². The maximum absolute atomic E-state index is 4.70. The minimum Gasteiger partial charge on any atom is -0.375 e. The van der Waals surface area contributed by atoms with E-state index in [4.69, 9.17) is 4.99 Å². The SMILES string of the molecule is Cc1nnc(CN=C(NCCCN(C)c2ccccc2)NCc2cccs2)n1C. The van der Waals surface area contributed by atoms with Gasteiger partial charge in [-0.2, -0.15) is 0 Å². The van der Waals surface area contributed by atoms with Crippen molar-refractivity contribution in [2.24, 2.45) is 12.0 Å². The number of aliphatic imine (C=N–C) groups is 1. The first-order chi connectivity index (χ1) is 14.1. The highest BCUT2D eigenvalue weighted by molar-refractivity contribution is 7.09. The lowest BCUT2D eigenvalue weighted by Gasteiger charge is -2.19. The molecular formula is C21H29N7S. The van der Waals surface area contributed by atoms with E-state index in [0.717, 1.165) is 43.7 Å². The number of hydrogen-bond donors (Lipinski definition) is 2. The fraction of sp³-hybridized carbons (Fsp3) is 0.381. The van der Waals surface area contributed by atoms with Crippen LogP contribution in [0.2, 0.25) is 0 Å². The fourth-order valence-electron chi connectivity index (χ4n) is 2.83. The van der Waals surface area contributed by atoms with E-state index in [2.05, 4.69) is 74.6 Å². The molecule has 7 nitrogen and oxygen atoms in total. The summed E-state index contributed by atoms with van der Waals surface area (Å²) in [4.78, 5) is 8.24. The van der Waals surface area contributed by atoms with Gasteiger partial charge in [0.1, 0.15) is 12.4 Å². The van der Waals surface area contributed by atoms with Gasteiger partial charge in [-0.05, 0) is 36.9 Å². The molecule has 0 saturated carbocycles. The normalized spacial score (nSPS) is 11.5. The Bertz CT molecular complexity index is 887. The third-order valence-corrected chi connectivity index (χ3v) is 5.61. The summed E-state index contributed by atoms with van der Waals surface area (Å²) in [5.74, 6) is 2.53. The Hall–Kier alpha value is -2.87. The van der Waals surface area contributed by atoms with E-state index >= 15 is 0 Å². The number of aryl methyl sites for hydroxylation is 1. The Morgan fingerprint density at radius 2 is 1.97 bits per heavy atom. The van der Waals surface area contributed by atoms with Gasteiger partial charge in [-0.15, -0.1) is 21.5 Å². The Morgan fingerprint density at radius 1 is 1.14 bits per heavy atom. The van der Waals surface area contributed by atoms with Crippen LogP contribution in [0.3, 0.4) is 0 Å². The van der Waals surface area contributed by atoms with E-state index in [-0.39, 0.29) is 0 Å². The van der Waals surface area contributed by atoms with E-state index < -0.39 is 0 Å². The minimum atomic E-state index is 0.487. The topological polar surface area (TPSA) is 70.4 Å². The summed E-state index contributed by atoms with van der Waals surface area (Å²) >= 11 is 1.74. The van der Waals surface area contributed by atoms with Crippen molar-refractivity contribution in [1.29, 1.82) is 0 Å². The highest BCUT2D eigenvalue weighted by Gasteiger charge is 2.06. The second kappa shape index (κ2) is 10.6. The first kappa shape index (κ1) is 20.9. The molecule has 29 heavy (non-hydrogen) atoms. The van der Waals surface area contributed by atoms with Crippen molar-refractivity contribution in [2.45, 2.75) is 26.4 Å². The first-order valence-electron chi connectivity index (χ1n) is 9.79. The zero-order valence-electron chi connectivity index (χ0n) is 17.3. The molecule has 0 unspecified atom stereocenters. The van der Waals surface area contributed by atoms with Gasteiger partial charge in [0.05, 0.1) is 6.54 Å². The molecule has 1 aromatic carbocycles. The summed E-state index contributed by atoms with van der Waals surface area (Å²) in [6.45, 7) is 4.99. The first-order valence-corrected chi connectivity index (χ1v) is 10.7. The molecule has 0 fully saturated rings. The molecule has 0 bridgehead atoms. The number of anilines is 1. The highest BCUT2D eigenvalue weighted by Crippen LogP contribution is 2.11. The van der Waals surface area contributed by atoms with Crippen LogP contribution in [0.1, 0.15) is 22.9 Å². The van der Waals surface area contributed by atoms with Gasteiger partial charge in [0.2, 0.25) is 0 Å². The van der Waals surface area contributed by atoms with Gasteiger partial charge in [-0.25, -0.2) is 4.99 Å². The van der Waals surface area contributed by atoms with E-state index in [1.807, 2.05) is 24.6 Å². The predicted octanol–water partition coefficient (Wildman–Crippen LogP) is 2.95. The van der Waals surface area contributed by atoms with Crippen LogP contribution in [-0.2, 0) is 20.1 Å².